The van der Waals surface area contributed by atoms with E-state index < -0.39 is 16.1 Å². The van der Waals surface area contributed by atoms with Gasteiger partial charge in [-0.2, -0.15) is 0 Å². The van der Waals surface area contributed by atoms with E-state index in [0.29, 0.717) is 12.8 Å². The van der Waals surface area contributed by atoms with Crippen LogP contribution in [-0.4, -0.2) is 26.2 Å². The van der Waals surface area contributed by atoms with Crippen molar-refractivity contribution in [2.75, 3.05) is 6.54 Å². The van der Waals surface area contributed by atoms with Crippen LogP contribution >= 0.6 is 22.6 Å². The molecule has 0 saturated carbocycles. The van der Waals surface area contributed by atoms with Crippen LogP contribution < -0.4 is 4.72 Å². The SMILES string of the molecule is CCC(O)CCNS(=O)(=O)c1ccc(I)cc1. The Morgan fingerprint density at radius 1 is 1.35 bits per heavy atom. The first-order chi connectivity index (χ1) is 7.95. The fourth-order valence-corrected chi connectivity index (χ4v) is 2.67. The zero-order valence-electron chi connectivity index (χ0n) is 9.56. The van der Waals surface area contributed by atoms with Gasteiger partial charge in [0, 0.05) is 10.1 Å². The maximum absolute atomic E-state index is 11.8. The highest BCUT2D eigenvalue weighted by molar-refractivity contribution is 14.1. The van der Waals surface area contributed by atoms with Crippen LogP contribution in [0.5, 0.6) is 0 Å². The Kier molecular flexibility index (Phi) is 5.84. The molecule has 1 unspecified atom stereocenters. The minimum absolute atomic E-state index is 0.253. The molecule has 6 heteroatoms. The normalized spacial score (nSPS) is 13.6. The highest BCUT2D eigenvalue weighted by atomic mass is 127. The van der Waals surface area contributed by atoms with Gasteiger partial charge in [-0.1, -0.05) is 6.92 Å². The van der Waals surface area contributed by atoms with E-state index >= 15 is 0 Å². The van der Waals surface area contributed by atoms with Gasteiger partial charge in [-0.15, -0.1) is 0 Å². The molecule has 1 aromatic rings. The highest BCUT2D eigenvalue weighted by Crippen LogP contribution is 2.11. The molecule has 0 radical (unpaired) electrons. The number of hydrogen-bond acceptors (Lipinski definition) is 3. The predicted molar refractivity (Wildman–Crippen MR) is 75.3 cm³/mol. The van der Waals surface area contributed by atoms with Crippen LogP contribution in [0, 0.1) is 3.57 Å². The summed E-state index contributed by atoms with van der Waals surface area (Å²) in [5.74, 6) is 0. The van der Waals surface area contributed by atoms with Crippen LogP contribution in [0.1, 0.15) is 19.8 Å². The van der Waals surface area contributed by atoms with Crippen molar-refractivity contribution >= 4 is 32.6 Å². The van der Waals surface area contributed by atoms with Crippen molar-refractivity contribution in [3.8, 4) is 0 Å². The van der Waals surface area contributed by atoms with Crippen molar-refractivity contribution in [2.45, 2.75) is 30.8 Å². The first-order valence-corrected chi connectivity index (χ1v) is 7.95. The number of sulfonamides is 1. The lowest BCUT2D eigenvalue weighted by Crippen LogP contribution is -2.27. The van der Waals surface area contributed by atoms with Crippen molar-refractivity contribution in [3.63, 3.8) is 0 Å². The maximum Gasteiger partial charge on any atom is 0.240 e. The van der Waals surface area contributed by atoms with Crippen LogP contribution in [0.4, 0.5) is 0 Å². The van der Waals surface area contributed by atoms with Crippen LogP contribution in [0.2, 0.25) is 0 Å². The average molecular weight is 369 g/mol. The van der Waals surface area contributed by atoms with Crippen molar-refractivity contribution in [1.82, 2.24) is 4.72 Å². The van der Waals surface area contributed by atoms with E-state index in [4.69, 9.17) is 0 Å². The summed E-state index contributed by atoms with van der Waals surface area (Å²) >= 11 is 2.12. The quantitative estimate of drug-likeness (QED) is 0.751. The molecule has 0 saturated heterocycles. The van der Waals surface area contributed by atoms with Crippen LogP contribution in [0.25, 0.3) is 0 Å². The van der Waals surface area contributed by atoms with Gasteiger partial charge in [0.1, 0.15) is 0 Å². The van der Waals surface area contributed by atoms with Gasteiger partial charge >= 0.3 is 0 Å². The topological polar surface area (TPSA) is 66.4 Å². The van der Waals surface area contributed by atoms with E-state index in [-0.39, 0.29) is 11.4 Å². The van der Waals surface area contributed by atoms with E-state index in [0.717, 1.165) is 3.57 Å². The lowest BCUT2D eigenvalue weighted by molar-refractivity contribution is 0.162. The number of rotatable bonds is 6. The molecular weight excluding hydrogens is 353 g/mol. The minimum atomic E-state index is -3.45. The highest BCUT2D eigenvalue weighted by Gasteiger charge is 2.13. The fourth-order valence-electron chi connectivity index (χ4n) is 1.26. The molecule has 17 heavy (non-hydrogen) atoms. The summed E-state index contributed by atoms with van der Waals surface area (Å²) in [5.41, 5.74) is 0. The molecule has 4 nitrogen and oxygen atoms in total. The van der Waals surface area contributed by atoms with Gasteiger partial charge in [-0.05, 0) is 59.7 Å². The molecule has 0 fully saturated rings. The molecule has 0 aliphatic heterocycles. The van der Waals surface area contributed by atoms with E-state index in [9.17, 15) is 13.5 Å². The third-order valence-corrected chi connectivity index (χ3v) is 4.56. The molecule has 0 amide bonds. The van der Waals surface area contributed by atoms with E-state index in [1.165, 1.54) is 0 Å². The molecule has 2 N–H and O–H groups in total. The van der Waals surface area contributed by atoms with Crippen LogP contribution in [0.15, 0.2) is 29.2 Å². The summed E-state index contributed by atoms with van der Waals surface area (Å²) in [6.07, 6.45) is 0.611. The molecule has 0 aliphatic rings. The number of aliphatic hydroxyl groups excluding tert-OH is 1. The summed E-state index contributed by atoms with van der Waals surface area (Å²) < 4.78 is 27.1. The molecule has 1 aromatic carbocycles. The summed E-state index contributed by atoms with van der Waals surface area (Å²) in [6.45, 7) is 2.11. The van der Waals surface area contributed by atoms with Crippen molar-refractivity contribution in [1.29, 1.82) is 0 Å². The zero-order valence-corrected chi connectivity index (χ0v) is 12.5. The van der Waals surface area contributed by atoms with E-state index in [2.05, 4.69) is 27.3 Å². The summed E-state index contributed by atoms with van der Waals surface area (Å²) in [4.78, 5) is 0.254. The van der Waals surface area contributed by atoms with Gasteiger partial charge in [0.25, 0.3) is 0 Å². The minimum Gasteiger partial charge on any atom is -0.393 e. The molecule has 96 valence electrons. The monoisotopic (exact) mass is 369 g/mol. The Bertz CT molecular complexity index is 444. The summed E-state index contributed by atoms with van der Waals surface area (Å²) in [6, 6.07) is 6.63. The molecule has 0 aliphatic carbocycles. The van der Waals surface area contributed by atoms with E-state index in [1.807, 2.05) is 6.92 Å². The second-order valence-electron chi connectivity index (χ2n) is 3.70. The summed E-state index contributed by atoms with van der Waals surface area (Å²) in [5, 5.41) is 9.33. The molecule has 1 rings (SSSR count). The molecule has 0 aromatic heterocycles. The second kappa shape index (κ2) is 6.67. The molecule has 1 atom stereocenters. The van der Waals surface area contributed by atoms with E-state index in [1.54, 1.807) is 24.3 Å². The predicted octanol–water partition coefficient (Wildman–Crippen LogP) is 1.73. The maximum atomic E-state index is 11.8. The first kappa shape index (κ1) is 14.9. The Labute approximate surface area is 116 Å². The standard InChI is InChI=1S/C11H16INO3S/c1-2-10(14)7-8-13-17(15,16)11-5-3-9(12)4-6-11/h3-6,10,13-14H,2,7-8H2,1H3. The number of benzene rings is 1. The Hall–Kier alpha value is -0.180. The lowest BCUT2D eigenvalue weighted by Gasteiger charge is -2.09. The van der Waals surface area contributed by atoms with Gasteiger partial charge in [-0.25, -0.2) is 13.1 Å². The zero-order chi connectivity index (χ0) is 12.9. The van der Waals surface area contributed by atoms with Gasteiger partial charge in [-0.3, -0.25) is 0 Å². The third kappa shape index (κ3) is 4.90. The number of halogens is 1. The molecule has 0 spiro atoms. The van der Waals surface area contributed by atoms with Gasteiger partial charge in [0.15, 0.2) is 0 Å². The second-order valence-corrected chi connectivity index (χ2v) is 6.72. The number of aliphatic hydroxyl groups is 1. The van der Waals surface area contributed by atoms with Crippen molar-refractivity contribution < 1.29 is 13.5 Å². The van der Waals surface area contributed by atoms with Crippen molar-refractivity contribution in [2.24, 2.45) is 0 Å². The Morgan fingerprint density at radius 2 is 1.94 bits per heavy atom. The van der Waals surface area contributed by atoms with Gasteiger partial charge in [0.05, 0.1) is 11.0 Å². The number of nitrogens with one attached hydrogen (secondary N) is 1. The molecule has 0 heterocycles. The first-order valence-electron chi connectivity index (χ1n) is 5.39. The Balaban J connectivity index is 2.60. The smallest absolute Gasteiger partial charge is 0.240 e. The van der Waals surface area contributed by atoms with Crippen molar-refractivity contribution in [3.05, 3.63) is 27.8 Å². The largest absolute Gasteiger partial charge is 0.393 e. The fraction of sp³-hybridized carbons (Fsp3) is 0.455. The van der Waals surface area contributed by atoms with Crippen LogP contribution in [0.3, 0.4) is 0 Å². The molecule has 0 bridgehead atoms. The van der Waals surface area contributed by atoms with Crippen LogP contribution in [-0.2, 0) is 10.0 Å². The average Bonchev–Trinajstić information content (AvgIpc) is 2.29. The van der Waals surface area contributed by atoms with Gasteiger partial charge in [0.2, 0.25) is 10.0 Å². The van der Waals surface area contributed by atoms with Gasteiger partial charge < -0.3 is 5.11 Å². The summed E-state index contributed by atoms with van der Waals surface area (Å²) in [7, 11) is -3.45. The number of hydrogen-bond donors (Lipinski definition) is 2. The lowest BCUT2D eigenvalue weighted by atomic mass is 10.2. The molecular formula is C11H16INO3S. The Morgan fingerprint density at radius 3 is 2.47 bits per heavy atom. The third-order valence-electron chi connectivity index (χ3n) is 2.36.